The van der Waals surface area contributed by atoms with Crippen molar-refractivity contribution in [2.24, 2.45) is 23.7 Å². The Morgan fingerprint density at radius 1 is 0.358 bits per heavy atom. The number of nitrogens with zero attached hydrogens (tertiary/aromatic N) is 1. The first-order chi connectivity index (χ1) is 62.7. The Morgan fingerprint density at radius 2 is 0.627 bits per heavy atom. The van der Waals surface area contributed by atoms with Crippen LogP contribution in [0.1, 0.15) is 207 Å². The van der Waals surface area contributed by atoms with Crippen LogP contribution in [-0.2, 0) is 63.8 Å². The van der Waals surface area contributed by atoms with Crippen molar-refractivity contribution < 1.29 is 76.3 Å². The lowest BCUT2D eigenvalue weighted by Gasteiger charge is -2.33. The maximum absolute atomic E-state index is 13.3. The largest absolute Gasteiger partial charge is 0.444 e. The van der Waals surface area contributed by atoms with E-state index in [1.807, 2.05) is 145 Å². The van der Waals surface area contributed by atoms with E-state index in [1.54, 1.807) is 74.2 Å². The van der Waals surface area contributed by atoms with Gasteiger partial charge in [0, 0.05) is 67.3 Å². The van der Waals surface area contributed by atoms with Crippen LogP contribution in [0.2, 0.25) is 0 Å². The zero-order valence-corrected chi connectivity index (χ0v) is 103. The van der Waals surface area contributed by atoms with E-state index in [-0.39, 0.29) is 47.7 Å². The molecule has 4 amide bonds. The molecule has 8 aromatic rings. The number of nitrogens with two attached hydrogens (primary N) is 3. The molecule has 2 fully saturated rings. The van der Waals surface area contributed by atoms with E-state index in [0.717, 1.165) is 122 Å². The van der Waals surface area contributed by atoms with Crippen LogP contribution in [0.3, 0.4) is 0 Å². The van der Waals surface area contributed by atoms with Gasteiger partial charge in [-0.2, -0.15) is 0 Å². The molecule has 2 saturated heterocycles. The summed E-state index contributed by atoms with van der Waals surface area (Å²) in [7, 11) is 0. The van der Waals surface area contributed by atoms with Gasteiger partial charge in [0.1, 0.15) is 45.4 Å². The molecule has 0 spiro atoms. The minimum absolute atomic E-state index is 0.175. The zero-order valence-electron chi connectivity index (χ0n) is 77.6. The fourth-order valence-electron chi connectivity index (χ4n) is 13.8. The standard InChI is InChI=1S/C32H41I3N2O6.C27H33I3N2O6.C22H25I3N2O2.C17H17I3N2O2/c1-8-19(17-23-24(33)18-25(34)27(26(23)35)36-29(39)42-31(2,3)4)28(38)41-22-11-9-20(10-12-22)21-13-15-37(16-14-21)30(40)43-32(5,6)7;1-8-15(23(33)36-17-11-9-16(10-12-17)31-24(34)37-26(2,3)4)13-18-19(28)14-20(29)22(21(18)30)32-25(35)38-27(5,6)7;1-2-13(11-17-18(23)12-19(24)21(26)20(17)25)22(28)29-16-5-3-14(4-6-16)15-7-9-27-10-8-15;1-2-9(17(23)24-11-5-3-10(21)4-6-11)7-12-13(18)8-14(19)16(22)15(12)20/h9-12,18-19,21H,8,13-17H2,1-7H3,(H,36,39);9-12,14-15H,8,13H2,1-7H3,(H,31,34)(H,32,35);3-6,12-13,15,27H,2,7-11,26H2,1H3;3-6,8-9H,2,7,21-22H2,1H3. The molecular weight excluding hydrogens is 3070 g/mol. The Hall–Kier alpha value is -3.16. The van der Waals surface area contributed by atoms with E-state index >= 15 is 0 Å². The number of carbonyl (C=O) groups is 8. The van der Waals surface area contributed by atoms with Gasteiger partial charge in [-0.3, -0.25) is 35.1 Å². The van der Waals surface area contributed by atoms with Crippen molar-refractivity contribution in [1.82, 2.24) is 10.2 Å². The number of halogens is 12. The number of benzene rings is 8. The van der Waals surface area contributed by atoms with Crippen LogP contribution >= 0.6 is 271 Å². The van der Waals surface area contributed by atoms with Gasteiger partial charge < -0.3 is 65.3 Å². The Bertz CT molecular complexity index is 5410. The van der Waals surface area contributed by atoms with E-state index in [2.05, 4.69) is 311 Å². The summed E-state index contributed by atoms with van der Waals surface area (Å²) in [5, 5.41) is 11.8. The van der Waals surface area contributed by atoms with Gasteiger partial charge in [-0.25, -0.2) is 19.2 Å². The normalized spacial score (nSPS) is 13.9. The SMILES string of the molecule is CCC(Cc1c(I)cc(I)c(N)c1I)C(=O)Oc1ccc(C2CCNCC2)cc1.CCC(Cc1c(I)cc(I)c(N)c1I)C(=O)Oc1ccc(N)cc1.CCC(Cc1c(I)cc(I)c(NC(=O)OC(C)(C)C)c1I)C(=O)Oc1ccc(C2CCN(C(=O)OC(C)(C)C)CC2)cc1.CCC(Cc1c(I)cc(I)c(NC(=O)OC(C)(C)C)c1I)C(=O)Oc1ccc(NC(=O)OC(C)(C)C)cc1. The lowest BCUT2D eigenvalue weighted by atomic mass is 9.89. The van der Waals surface area contributed by atoms with Crippen LogP contribution in [0, 0.1) is 66.5 Å². The highest BCUT2D eigenvalue weighted by Crippen LogP contribution is 2.41. The van der Waals surface area contributed by atoms with E-state index in [0.29, 0.717) is 116 Å². The monoisotopic (exact) mass is 3180 g/mol. The topological polar surface area (TPSA) is 340 Å². The highest BCUT2D eigenvalue weighted by molar-refractivity contribution is 14.1. The van der Waals surface area contributed by atoms with Gasteiger partial charge in [-0.15, -0.1) is 0 Å². The molecule has 134 heavy (non-hydrogen) atoms. The molecule has 0 aliphatic carbocycles. The molecule has 2 aliphatic rings. The summed E-state index contributed by atoms with van der Waals surface area (Å²) in [6.45, 7) is 33.3. The molecule has 8 aromatic carbocycles. The van der Waals surface area contributed by atoms with Crippen LogP contribution < -0.4 is 57.4 Å². The van der Waals surface area contributed by atoms with Gasteiger partial charge in [0.05, 0.1) is 46.4 Å². The fourth-order valence-corrected chi connectivity index (χ4v) is 29.6. The number of amides is 4. The lowest BCUT2D eigenvalue weighted by Crippen LogP contribution is -2.41. The van der Waals surface area contributed by atoms with Crippen molar-refractivity contribution in [2.45, 2.75) is 222 Å². The fraction of sp³-hybridized carbons (Fsp3) is 0.429. The van der Waals surface area contributed by atoms with E-state index in [9.17, 15) is 38.4 Å². The van der Waals surface area contributed by atoms with Gasteiger partial charge in [0.25, 0.3) is 0 Å². The lowest BCUT2D eigenvalue weighted by molar-refractivity contribution is -0.139. The number of ether oxygens (including phenoxy) is 8. The number of hydrogen-bond acceptors (Lipinski definition) is 20. The molecule has 2 heterocycles. The van der Waals surface area contributed by atoms with E-state index < -0.39 is 46.6 Å². The maximum atomic E-state index is 13.3. The molecule has 24 nitrogen and oxygen atoms in total. The molecule has 10 N–H and O–H groups in total. The second-order valence-corrected chi connectivity index (χ2v) is 49.5. The number of hydrogen-bond donors (Lipinski definition) is 7. The summed E-state index contributed by atoms with van der Waals surface area (Å²) >= 11 is 27.0. The first-order valence-corrected chi connectivity index (χ1v) is 56.5. The maximum Gasteiger partial charge on any atom is 0.412 e. The molecule has 36 heteroatoms. The minimum Gasteiger partial charge on any atom is -0.444 e. The van der Waals surface area contributed by atoms with Crippen LogP contribution in [-0.4, -0.2) is 102 Å². The number of rotatable bonds is 25. The first kappa shape index (κ1) is 118. The summed E-state index contributed by atoms with van der Waals surface area (Å²) in [6, 6.07) is 37.3. The molecule has 4 atom stereocenters. The molecule has 10 rings (SSSR count). The molecule has 0 radical (unpaired) electrons. The first-order valence-electron chi connectivity index (χ1n) is 43.6. The molecule has 2 aliphatic heterocycles. The summed E-state index contributed by atoms with van der Waals surface area (Å²) < 4.78 is 56.2. The number of piperidine rings is 2. The highest BCUT2D eigenvalue weighted by atomic mass is 127. The Kier molecular flexibility index (Phi) is 48.4. The molecule has 0 bridgehead atoms. The van der Waals surface area contributed by atoms with Crippen LogP contribution in [0.4, 0.5) is 53.3 Å². The third kappa shape index (κ3) is 38.2. The van der Waals surface area contributed by atoms with Gasteiger partial charge in [-0.05, 0) is 587 Å². The zero-order chi connectivity index (χ0) is 99.8. The molecule has 0 aromatic heterocycles. The predicted molar refractivity (Wildman–Crippen MR) is 634 cm³/mol. The van der Waals surface area contributed by atoms with Crippen molar-refractivity contribution in [1.29, 1.82) is 0 Å². The van der Waals surface area contributed by atoms with Gasteiger partial charge in [-0.1, -0.05) is 52.0 Å². The van der Waals surface area contributed by atoms with Crippen molar-refractivity contribution in [3.05, 3.63) is 198 Å². The number of nitrogens with one attached hydrogen (secondary N) is 4. The average molecular weight is 3180 g/mol. The summed E-state index contributed by atoms with van der Waals surface area (Å²) in [4.78, 5) is 103. The van der Waals surface area contributed by atoms with Gasteiger partial charge >= 0.3 is 48.3 Å². The summed E-state index contributed by atoms with van der Waals surface area (Å²) in [5.74, 6) is 0.748. The highest BCUT2D eigenvalue weighted by Gasteiger charge is 2.33. The molecule has 4 unspecified atom stereocenters. The number of anilines is 6. The van der Waals surface area contributed by atoms with Crippen LogP contribution in [0.5, 0.6) is 23.0 Å². The molecule has 728 valence electrons. The smallest absolute Gasteiger partial charge is 0.412 e. The van der Waals surface area contributed by atoms with Crippen molar-refractivity contribution in [2.75, 3.05) is 59.3 Å². The predicted octanol–water partition coefficient (Wildman–Crippen LogP) is 28.1. The minimum atomic E-state index is -0.617. The third-order valence-electron chi connectivity index (χ3n) is 20.9. The summed E-state index contributed by atoms with van der Waals surface area (Å²) in [5.41, 5.74) is 26.4. The second kappa shape index (κ2) is 55.1. The van der Waals surface area contributed by atoms with Crippen molar-refractivity contribution >= 4 is 353 Å². The Morgan fingerprint density at radius 3 is 0.925 bits per heavy atom. The van der Waals surface area contributed by atoms with Crippen LogP contribution in [0.15, 0.2) is 121 Å². The van der Waals surface area contributed by atoms with E-state index in [4.69, 9.17) is 55.1 Å². The third-order valence-corrected chi connectivity index (χ3v) is 33.1. The number of likely N-dealkylation sites (tertiary alicyclic amines) is 1. The van der Waals surface area contributed by atoms with E-state index in [1.165, 1.54) is 11.1 Å². The second-order valence-electron chi connectivity index (χ2n) is 35.9. The van der Waals surface area contributed by atoms with Crippen molar-refractivity contribution in [3.63, 3.8) is 0 Å². The molecule has 0 saturated carbocycles. The average Bonchev–Trinajstić information content (AvgIpc) is 0.791. The van der Waals surface area contributed by atoms with Crippen molar-refractivity contribution in [3.8, 4) is 23.0 Å². The van der Waals surface area contributed by atoms with Gasteiger partial charge in [0.15, 0.2) is 0 Å². The quantitative estimate of drug-likeness (QED) is 0.00919. The Labute approximate surface area is 951 Å². The number of carbonyl (C=O) groups excluding carboxylic acids is 8. The number of esters is 4. The molecular formula is C98H116I12N8O16. The van der Waals surface area contributed by atoms with Gasteiger partial charge in [0.2, 0.25) is 0 Å². The van der Waals surface area contributed by atoms with Crippen LogP contribution in [0.25, 0.3) is 0 Å². The summed E-state index contributed by atoms with van der Waals surface area (Å²) in [6.07, 6.45) is 6.96. The Balaban J connectivity index is 0.000000249. The number of nitrogen functional groups attached to an aromatic ring is 3.